The third-order valence-electron chi connectivity index (χ3n) is 2.20. The summed E-state index contributed by atoms with van der Waals surface area (Å²) in [4.78, 5) is 13.3. The summed E-state index contributed by atoms with van der Waals surface area (Å²) < 4.78 is 0. The summed E-state index contributed by atoms with van der Waals surface area (Å²) in [5.41, 5.74) is 1.91. The molecule has 1 rings (SSSR count). The van der Waals surface area contributed by atoms with Gasteiger partial charge in [0.1, 0.15) is 0 Å². The van der Waals surface area contributed by atoms with Crippen molar-refractivity contribution in [1.29, 1.82) is 0 Å². The van der Waals surface area contributed by atoms with Gasteiger partial charge in [0.15, 0.2) is 0 Å². The maximum absolute atomic E-state index is 11.7. The molecule has 0 aliphatic rings. The Labute approximate surface area is 91.2 Å². The van der Waals surface area contributed by atoms with Crippen LogP contribution in [0.15, 0.2) is 35.9 Å². The molecule has 0 saturated carbocycles. The number of nitrogens with zero attached hydrogens (tertiary/aromatic N) is 1. The lowest BCUT2D eigenvalue weighted by molar-refractivity contribution is -0.124. The first-order chi connectivity index (χ1) is 7.15. The fourth-order valence-electron chi connectivity index (χ4n) is 1.35. The highest BCUT2D eigenvalue weighted by molar-refractivity contribution is 5.97. The highest BCUT2D eigenvalue weighted by atomic mass is 16.2. The highest BCUT2D eigenvalue weighted by Crippen LogP contribution is 2.11. The Morgan fingerprint density at radius 2 is 1.87 bits per heavy atom. The van der Waals surface area contributed by atoms with Crippen LogP contribution in [0, 0.1) is 0 Å². The lowest BCUT2D eigenvalue weighted by atomic mass is 10.1. The minimum Gasteiger partial charge on any atom is -0.345 e. The Kier molecular flexibility index (Phi) is 4.10. The summed E-state index contributed by atoms with van der Waals surface area (Å²) in [6.45, 7) is 2.00. The molecule has 0 saturated heterocycles. The third kappa shape index (κ3) is 3.24. The first kappa shape index (κ1) is 11.5. The van der Waals surface area contributed by atoms with E-state index in [0.717, 1.165) is 17.6 Å². The van der Waals surface area contributed by atoms with E-state index >= 15 is 0 Å². The van der Waals surface area contributed by atoms with Crippen LogP contribution in [0.5, 0.6) is 0 Å². The van der Waals surface area contributed by atoms with Gasteiger partial charge in [-0.25, -0.2) is 0 Å². The van der Waals surface area contributed by atoms with Crippen LogP contribution in [0.2, 0.25) is 0 Å². The van der Waals surface area contributed by atoms with E-state index in [1.807, 2.05) is 43.3 Å². The summed E-state index contributed by atoms with van der Waals surface area (Å²) in [6, 6.07) is 9.91. The van der Waals surface area contributed by atoms with Crippen molar-refractivity contribution in [2.45, 2.75) is 13.3 Å². The summed E-state index contributed by atoms with van der Waals surface area (Å²) in [7, 11) is 3.55. The summed E-state index contributed by atoms with van der Waals surface area (Å²) in [5, 5.41) is 0. The van der Waals surface area contributed by atoms with E-state index in [1.165, 1.54) is 0 Å². The van der Waals surface area contributed by atoms with Crippen LogP contribution in [0.1, 0.15) is 18.9 Å². The van der Waals surface area contributed by atoms with Gasteiger partial charge in [-0.15, -0.1) is 0 Å². The maximum atomic E-state index is 11.7. The molecule has 0 unspecified atom stereocenters. The lowest BCUT2D eigenvalue weighted by Crippen LogP contribution is -2.23. The fourth-order valence-corrected chi connectivity index (χ4v) is 1.35. The van der Waals surface area contributed by atoms with E-state index in [2.05, 4.69) is 0 Å². The van der Waals surface area contributed by atoms with Gasteiger partial charge in [-0.3, -0.25) is 4.79 Å². The fraction of sp³-hybridized carbons (Fsp3) is 0.308. The van der Waals surface area contributed by atoms with Crippen molar-refractivity contribution >= 4 is 12.0 Å². The van der Waals surface area contributed by atoms with E-state index in [4.69, 9.17) is 0 Å². The van der Waals surface area contributed by atoms with E-state index in [0.29, 0.717) is 0 Å². The van der Waals surface area contributed by atoms with Crippen LogP contribution >= 0.6 is 0 Å². The van der Waals surface area contributed by atoms with Crippen molar-refractivity contribution < 1.29 is 4.79 Å². The smallest absolute Gasteiger partial charge is 0.249 e. The summed E-state index contributed by atoms with van der Waals surface area (Å²) >= 11 is 0. The average Bonchev–Trinajstić information content (AvgIpc) is 2.26. The maximum Gasteiger partial charge on any atom is 0.249 e. The minimum absolute atomic E-state index is 0.0846. The monoisotopic (exact) mass is 203 g/mol. The quantitative estimate of drug-likeness (QED) is 0.691. The molecule has 2 nitrogen and oxygen atoms in total. The van der Waals surface area contributed by atoms with Crippen molar-refractivity contribution in [3.8, 4) is 0 Å². The Morgan fingerprint density at radius 1 is 1.27 bits per heavy atom. The summed E-state index contributed by atoms with van der Waals surface area (Å²) in [6.07, 6.45) is 2.70. The van der Waals surface area contributed by atoms with Crippen molar-refractivity contribution in [2.24, 2.45) is 0 Å². The number of carbonyl (C=O) groups is 1. The Bertz CT molecular complexity index is 352. The van der Waals surface area contributed by atoms with Gasteiger partial charge in [-0.2, -0.15) is 0 Å². The van der Waals surface area contributed by atoms with Crippen molar-refractivity contribution in [2.75, 3.05) is 14.1 Å². The first-order valence-corrected chi connectivity index (χ1v) is 5.12. The van der Waals surface area contributed by atoms with E-state index in [1.54, 1.807) is 19.0 Å². The van der Waals surface area contributed by atoms with Gasteiger partial charge in [0.05, 0.1) is 0 Å². The Balaban J connectivity index is 2.93. The molecule has 0 aliphatic heterocycles. The first-order valence-electron chi connectivity index (χ1n) is 5.12. The molecular formula is C13H17NO. The van der Waals surface area contributed by atoms with Crippen LogP contribution in [0.4, 0.5) is 0 Å². The topological polar surface area (TPSA) is 20.3 Å². The van der Waals surface area contributed by atoms with Gasteiger partial charge in [-0.05, 0) is 18.1 Å². The number of amides is 1. The predicted molar refractivity (Wildman–Crippen MR) is 63.4 cm³/mol. The molecule has 0 spiro atoms. The van der Waals surface area contributed by atoms with Gasteiger partial charge in [0.25, 0.3) is 0 Å². The molecule has 15 heavy (non-hydrogen) atoms. The standard InChI is InChI=1S/C13H17NO/c1-4-12(13(15)14(2)3)10-11-8-6-5-7-9-11/h5-10H,4H2,1-3H3/b12-10+. The minimum atomic E-state index is 0.0846. The van der Waals surface area contributed by atoms with Crippen LogP contribution in [-0.4, -0.2) is 24.9 Å². The van der Waals surface area contributed by atoms with Crippen LogP contribution in [0.3, 0.4) is 0 Å². The molecule has 1 aromatic carbocycles. The normalized spacial score (nSPS) is 11.3. The van der Waals surface area contributed by atoms with Gasteiger partial charge in [-0.1, -0.05) is 37.3 Å². The molecule has 0 fully saturated rings. The number of benzene rings is 1. The molecule has 0 atom stereocenters. The summed E-state index contributed by atoms with van der Waals surface area (Å²) in [5.74, 6) is 0.0846. The zero-order chi connectivity index (χ0) is 11.3. The zero-order valence-electron chi connectivity index (χ0n) is 9.53. The van der Waals surface area contributed by atoms with Crippen LogP contribution in [-0.2, 0) is 4.79 Å². The highest BCUT2D eigenvalue weighted by Gasteiger charge is 2.08. The van der Waals surface area contributed by atoms with Gasteiger partial charge in [0, 0.05) is 19.7 Å². The average molecular weight is 203 g/mol. The molecule has 80 valence electrons. The Hall–Kier alpha value is -1.57. The SMILES string of the molecule is CC/C(=C\c1ccccc1)C(=O)N(C)C. The molecule has 0 aliphatic carbocycles. The third-order valence-corrected chi connectivity index (χ3v) is 2.20. The van der Waals surface area contributed by atoms with Crippen LogP contribution in [0.25, 0.3) is 6.08 Å². The van der Waals surface area contributed by atoms with E-state index in [-0.39, 0.29) is 5.91 Å². The second-order valence-corrected chi connectivity index (χ2v) is 3.63. The molecule has 1 amide bonds. The van der Waals surface area contributed by atoms with E-state index < -0.39 is 0 Å². The van der Waals surface area contributed by atoms with Gasteiger partial charge in [0.2, 0.25) is 5.91 Å². The van der Waals surface area contributed by atoms with Gasteiger partial charge < -0.3 is 4.90 Å². The number of hydrogen-bond acceptors (Lipinski definition) is 1. The van der Waals surface area contributed by atoms with E-state index in [9.17, 15) is 4.79 Å². The molecule has 0 bridgehead atoms. The molecule has 2 heteroatoms. The van der Waals surface area contributed by atoms with Crippen molar-refractivity contribution in [3.05, 3.63) is 41.5 Å². The number of carbonyl (C=O) groups excluding carboxylic acids is 1. The Morgan fingerprint density at radius 3 is 2.33 bits per heavy atom. The zero-order valence-corrected chi connectivity index (χ0v) is 9.53. The van der Waals surface area contributed by atoms with Crippen molar-refractivity contribution in [1.82, 2.24) is 4.90 Å². The number of likely N-dealkylation sites (N-methyl/N-ethyl adjacent to an activating group) is 1. The molecule has 0 radical (unpaired) electrons. The largest absolute Gasteiger partial charge is 0.345 e. The number of hydrogen-bond donors (Lipinski definition) is 0. The van der Waals surface area contributed by atoms with Gasteiger partial charge >= 0.3 is 0 Å². The molecule has 0 heterocycles. The predicted octanol–water partition coefficient (Wildman–Crippen LogP) is 2.57. The molecule has 1 aromatic rings. The molecule has 0 aromatic heterocycles. The molecule has 0 N–H and O–H groups in total. The number of rotatable bonds is 3. The van der Waals surface area contributed by atoms with Crippen LogP contribution < -0.4 is 0 Å². The second-order valence-electron chi connectivity index (χ2n) is 3.63. The molecular weight excluding hydrogens is 186 g/mol. The van der Waals surface area contributed by atoms with Crippen molar-refractivity contribution in [3.63, 3.8) is 0 Å². The second kappa shape index (κ2) is 5.35. The lowest BCUT2D eigenvalue weighted by Gasteiger charge is -2.12.